The second-order valence-electron chi connectivity index (χ2n) is 8.71. The fourth-order valence-electron chi connectivity index (χ4n) is 4.03. The van der Waals surface area contributed by atoms with Gasteiger partial charge in [-0.25, -0.2) is 9.37 Å². The van der Waals surface area contributed by atoms with Crippen LogP contribution in [0.3, 0.4) is 0 Å². The molecule has 0 spiro atoms. The SMILES string of the molecule is CC[C@]1(O)CCN(CCOc2ccc(C#Cc3ncc(-c4ccc(Cl)cc4)cc3F)cc2)C[C@H]1O. The molecule has 7 heteroatoms. The number of halogens is 2. The smallest absolute Gasteiger partial charge is 0.158 e. The highest BCUT2D eigenvalue weighted by Crippen LogP contribution is 2.26. The molecule has 0 aliphatic carbocycles. The molecule has 0 amide bonds. The predicted molar refractivity (Wildman–Crippen MR) is 135 cm³/mol. The standard InChI is InChI=1S/C28H28ClFN2O3/c1-2-28(34)13-14-32(19-27(28)33)15-16-35-24-10-3-20(4-11-24)5-12-26-25(30)17-22(18-31-26)21-6-8-23(29)9-7-21/h3-4,6-11,17-18,27,33-34H,2,13-16,19H2,1H3/t27-,28+/m1/s1. The van der Waals surface area contributed by atoms with Gasteiger partial charge in [-0.3, -0.25) is 4.90 Å². The third kappa shape index (κ3) is 6.39. The average Bonchev–Trinajstić information content (AvgIpc) is 2.87. The molecular weight excluding hydrogens is 467 g/mol. The highest BCUT2D eigenvalue weighted by Gasteiger charge is 2.38. The van der Waals surface area contributed by atoms with E-state index in [9.17, 15) is 14.6 Å². The number of ether oxygens (including phenoxy) is 1. The first-order valence-corrected chi connectivity index (χ1v) is 12.0. The lowest BCUT2D eigenvalue weighted by Crippen LogP contribution is -2.55. The molecular formula is C28H28ClFN2O3. The van der Waals surface area contributed by atoms with Crippen molar-refractivity contribution in [2.75, 3.05) is 26.2 Å². The van der Waals surface area contributed by atoms with Gasteiger partial charge in [0.15, 0.2) is 5.82 Å². The highest BCUT2D eigenvalue weighted by atomic mass is 35.5. The van der Waals surface area contributed by atoms with E-state index in [1.54, 1.807) is 18.3 Å². The average molecular weight is 495 g/mol. The number of aliphatic hydroxyl groups is 2. The number of hydrogen-bond acceptors (Lipinski definition) is 5. The number of nitrogens with zero attached hydrogens (tertiary/aromatic N) is 2. The van der Waals surface area contributed by atoms with Crippen LogP contribution in [0.5, 0.6) is 5.75 Å². The molecule has 0 radical (unpaired) electrons. The number of hydrogen-bond donors (Lipinski definition) is 2. The maximum absolute atomic E-state index is 14.5. The molecule has 1 saturated heterocycles. The van der Waals surface area contributed by atoms with Crippen molar-refractivity contribution < 1.29 is 19.3 Å². The van der Waals surface area contributed by atoms with Gasteiger partial charge in [-0.15, -0.1) is 0 Å². The first-order chi connectivity index (χ1) is 16.9. The van der Waals surface area contributed by atoms with Crippen LogP contribution in [0.4, 0.5) is 4.39 Å². The van der Waals surface area contributed by atoms with Gasteiger partial charge in [-0.1, -0.05) is 36.6 Å². The molecule has 2 aromatic carbocycles. The second-order valence-corrected chi connectivity index (χ2v) is 9.14. The van der Waals surface area contributed by atoms with Gasteiger partial charge < -0.3 is 14.9 Å². The third-order valence-electron chi connectivity index (χ3n) is 6.40. The van der Waals surface area contributed by atoms with Crippen molar-refractivity contribution in [1.29, 1.82) is 0 Å². The summed E-state index contributed by atoms with van der Waals surface area (Å²) in [5.74, 6) is 5.95. The summed E-state index contributed by atoms with van der Waals surface area (Å²) in [6.07, 6.45) is 1.95. The minimum Gasteiger partial charge on any atom is -0.492 e. The summed E-state index contributed by atoms with van der Waals surface area (Å²) in [5.41, 5.74) is 1.31. The molecule has 2 N–H and O–H groups in total. The monoisotopic (exact) mass is 494 g/mol. The lowest BCUT2D eigenvalue weighted by molar-refractivity contribution is -0.121. The van der Waals surface area contributed by atoms with E-state index in [1.165, 1.54) is 6.07 Å². The Morgan fingerprint density at radius 2 is 1.89 bits per heavy atom. The van der Waals surface area contributed by atoms with Gasteiger partial charge in [0, 0.05) is 42.0 Å². The third-order valence-corrected chi connectivity index (χ3v) is 6.65. The van der Waals surface area contributed by atoms with Crippen molar-refractivity contribution >= 4 is 11.6 Å². The Bertz CT molecular complexity index is 1210. The summed E-state index contributed by atoms with van der Waals surface area (Å²) in [5, 5.41) is 21.2. The molecule has 0 unspecified atom stereocenters. The number of piperidine rings is 1. The van der Waals surface area contributed by atoms with Gasteiger partial charge in [0.2, 0.25) is 0 Å². The molecule has 0 saturated carbocycles. The lowest BCUT2D eigenvalue weighted by Gasteiger charge is -2.41. The van der Waals surface area contributed by atoms with Gasteiger partial charge in [0.05, 0.1) is 11.7 Å². The van der Waals surface area contributed by atoms with Crippen LogP contribution < -0.4 is 4.74 Å². The van der Waals surface area contributed by atoms with Crippen molar-refractivity contribution in [3.05, 3.63) is 82.9 Å². The summed E-state index contributed by atoms with van der Waals surface area (Å²) in [6, 6.07) is 15.8. The van der Waals surface area contributed by atoms with Crippen molar-refractivity contribution in [1.82, 2.24) is 9.88 Å². The molecule has 2 atom stereocenters. The molecule has 0 bridgehead atoms. The van der Waals surface area contributed by atoms with Crippen molar-refractivity contribution in [2.24, 2.45) is 0 Å². The van der Waals surface area contributed by atoms with Crippen LogP contribution >= 0.6 is 11.6 Å². The number of benzene rings is 2. The number of likely N-dealkylation sites (tertiary alicyclic amines) is 1. The zero-order valence-corrected chi connectivity index (χ0v) is 20.3. The largest absolute Gasteiger partial charge is 0.492 e. The van der Waals surface area contributed by atoms with Crippen LogP contribution in [0.25, 0.3) is 11.1 Å². The van der Waals surface area contributed by atoms with Gasteiger partial charge >= 0.3 is 0 Å². The van der Waals surface area contributed by atoms with Gasteiger partial charge in [-0.2, -0.15) is 0 Å². The van der Waals surface area contributed by atoms with Gasteiger partial charge in [0.1, 0.15) is 18.1 Å². The molecule has 182 valence electrons. The summed E-state index contributed by atoms with van der Waals surface area (Å²) >= 11 is 5.91. The van der Waals surface area contributed by atoms with Gasteiger partial charge in [0.25, 0.3) is 0 Å². The molecule has 4 rings (SSSR count). The fourth-order valence-corrected chi connectivity index (χ4v) is 4.15. The Kier molecular flexibility index (Phi) is 8.04. The maximum Gasteiger partial charge on any atom is 0.158 e. The van der Waals surface area contributed by atoms with Crippen LogP contribution in [-0.2, 0) is 0 Å². The Morgan fingerprint density at radius 3 is 2.54 bits per heavy atom. The van der Waals surface area contributed by atoms with E-state index in [4.69, 9.17) is 16.3 Å². The summed E-state index contributed by atoms with van der Waals surface area (Å²) in [6.45, 7) is 4.19. The van der Waals surface area contributed by atoms with Crippen LogP contribution in [0.1, 0.15) is 31.0 Å². The molecule has 3 aromatic rings. The molecule has 1 aromatic heterocycles. The van der Waals surface area contributed by atoms with Crippen molar-refractivity contribution in [3.8, 4) is 28.7 Å². The van der Waals surface area contributed by atoms with Crippen molar-refractivity contribution in [3.63, 3.8) is 0 Å². The van der Waals surface area contributed by atoms with Crippen LogP contribution in [-0.4, -0.2) is 58.0 Å². The maximum atomic E-state index is 14.5. The Hall–Kier alpha value is -2.95. The molecule has 2 heterocycles. The predicted octanol–water partition coefficient (Wildman–Crippen LogP) is 4.53. The Labute approximate surface area is 210 Å². The van der Waals surface area contributed by atoms with E-state index in [0.717, 1.165) is 17.7 Å². The summed E-state index contributed by atoms with van der Waals surface area (Å²) in [4.78, 5) is 6.26. The normalized spacial score (nSPS) is 20.2. The van der Waals surface area contributed by atoms with E-state index in [-0.39, 0.29) is 5.69 Å². The van der Waals surface area contributed by atoms with E-state index >= 15 is 0 Å². The molecule has 5 nitrogen and oxygen atoms in total. The first-order valence-electron chi connectivity index (χ1n) is 11.7. The Morgan fingerprint density at radius 1 is 1.14 bits per heavy atom. The molecule has 1 aliphatic heterocycles. The number of pyridine rings is 1. The first kappa shape index (κ1) is 25.2. The number of aromatic nitrogens is 1. The van der Waals surface area contributed by atoms with E-state index in [0.29, 0.717) is 48.9 Å². The number of rotatable bonds is 6. The van der Waals surface area contributed by atoms with Crippen LogP contribution in [0.15, 0.2) is 60.8 Å². The highest BCUT2D eigenvalue weighted by molar-refractivity contribution is 6.30. The second kappa shape index (κ2) is 11.2. The molecule has 35 heavy (non-hydrogen) atoms. The van der Waals surface area contributed by atoms with E-state index < -0.39 is 17.5 Å². The van der Waals surface area contributed by atoms with E-state index in [2.05, 4.69) is 21.7 Å². The zero-order valence-electron chi connectivity index (χ0n) is 19.5. The van der Waals surface area contributed by atoms with Gasteiger partial charge in [-0.05, 0) is 66.8 Å². The summed E-state index contributed by atoms with van der Waals surface area (Å²) in [7, 11) is 0. The lowest BCUT2D eigenvalue weighted by atomic mass is 9.86. The minimum atomic E-state index is -0.981. The van der Waals surface area contributed by atoms with E-state index in [1.807, 2.05) is 43.3 Å². The number of β-amino-alcohol motifs (C(OH)–C–C–N with tert-alkyl or cyclic N) is 1. The minimum absolute atomic E-state index is 0.0849. The van der Waals surface area contributed by atoms with Crippen LogP contribution in [0.2, 0.25) is 5.02 Å². The van der Waals surface area contributed by atoms with Crippen molar-refractivity contribution in [2.45, 2.75) is 31.5 Å². The van der Waals surface area contributed by atoms with Crippen LogP contribution in [0, 0.1) is 17.7 Å². The number of aliphatic hydroxyl groups excluding tert-OH is 1. The molecule has 1 aliphatic rings. The topological polar surface area (TPSA) is 65.8 Å². The fraction of sp³-hybridized carbons (Fsp3) is 0.321. The Balaban J connectivity index is 1.30. The quantitative estimate of drug-likeness (QED) is 0.493. The molecule has 1 fully saturated rings. The zero-order chi connectivity index (χ0) is 24.8. The summed E-state index contributed by atoms with van der Waals surface area (Å²) < 4.78 is 20.3.